The predicted molar refractivity (Wildman–Crippen MR) is 121 cm³/mol. The van der Waals surface area contributed by atoms with Crippen molar-refractivity contribution in [2.24, 2.45) is 0 Å². The number of rotatable bonds is 7. The minimum atomic E-state index is -0.449. The molecule has 0 spiro atoms. The monoisotopic (exact) mass is 447 g/mol. The molecule has 0 aliphatic carbocycles. The molecule has 8 nitrogen and oxygen atoms in total. The molecule has 0 fully saturated rings. The summed E-state index contributed by atoms with van der Waals surface area (Å²) in [5, 5.41) is 10.8. The van der Waals surface area contributed by atoms with E-state index in [1.807, 2.05) is 6.92 Å². The Balaban J connectivity index is 1.56. The van der Waals surface area contributed by atoms with E-state index in [0.717, 1.165) is 5.56 Å². The van der Waals surface area contributed by atoms with Crippen molar-refractivity contribution in [3.8, 4) is 23.0 Å². The summed E-state index contributed by atoms with van der Waals surface area (Å²) in [7, 11) is 3.08. The van der Waals surface area contributed by atoms with Crippen molar-refractivity contribution in [2.45, 2.75) is 13.5 Å². The van der Waals surface area contributed by atoms with E-state index in [1.54, 1.807) is 55.7 Å². The molecular weight excluding hydrogens is 426 g/mol. The topological polar surface area (TPSA) is 97.1 Å². The minimum Gasteiger partial charge on any atom is -0.493 e. The van der Waals surface area contributed by atoms with Crippen LogP contribution in [0.15, 0.2) is 60.4 Å². The summed E-state index contributed by atoms with van der Waals surface area (Å²) in [4.78, 5) is 23.3. The number of carbonyl (C=O) groups is 1. The number of fused-ring (bicyclic) bond motifs is 1. The molecule has 1 heterocycles. The summed E-state index contributed by atoms with van der Waals surface area (Å²) in [6, 6.07) is 14.9. The number of methoxy groups -OCH3 is 2. The maximum atomic E-state index is 12.9. The molecule has 4 rings (SSSR count). The second-order valence-electron chi connectivity index (χ2n) is 7.30. The maximum Gasteiger partial charge on any atom is 0.269 e. The van der Waals surface area contributed by atoms with Crippen LogP contribution in [0.25, 0.3) is 6.08 Å². The molecule has 168 valence electrons. The highest BCUT2D eigenvalue weighted by Gasteiger charge is 2.30. The first-order valence-corrected chi connectivity index (χ1v) is 10.1. The first kappa shape index (κ1) is 21.9. The van der Waals surface area contributed by atoms with E-state index in [2.05, 4.69) is 0 Å². The molecule has 0 unspecified atom stereocenters. The highest BCUT2D eigenvalue weighted by Crippen LogP contribution is 2.40. The lowest BCUT2D eigenvalue weighted by Crippen LogP contribution is -1.99. The lowest BCUT2D eigenvalue weighted by Gasteiger charge is -2.12. The highest BCUT2D eigenvalue weighted by molar-refractivity contribution is 6.15. The van der Waals surface area contributed by atoms with E-state index >= 15 is 0 Å². The third-order valence-corrected chi connectivity index (χ3v) is 5.30. The molecule has 0 amide bonds. The molecule has 0 N–H and O–H groups in total. The number of hydrogen-bond donors (Lipinski definition) is 0. The first-order valence-electron chi connectivity index (χ1n) is 10.1. The zero-order valence-electron chi connectivity index (χ0n) is 18.3. The number of nitro benzene ring substituents is 1. The summed E-state index contributed by atoms with van der Waals surface area (Å²) < 4.78 is 22.6. The normalized spacial score (nSPS) is 13.4. The van der Waals surface area contributed by atoms with Gasteiger partial charge in [0.15, 0.2) is 17.3 Å². The van der Waals surface area contributed by atoms with E-state index < -0.39 is 4.92 Å². The van der Waals surface area contributed by atoms with Gasteiger partial charge in [0.05, 0.1) is 24.7 Å². The molecule has 0 saturated heterocycles. The largest absolute Gasteiger partial charge is 0.493 e. The molecule has 1 aliphatic heterocycles. The molecular formula is C25H21NO7. The number of hydrogen-bond acceptors (Lipinski definition) is 7. The second-order valence-corrected chi connectivity index (χ2v) is 7.30. The Bertz CT molecular complexity index is 1260. The van der Waals surface area contributed by atoms with Gasteiger partial charge in [-0.1, -0.05) is 12.1 Å². The molecule has 3 aromatic rings. The number of benzene rings is 3. The van der Waals surface area contributed by atoms with Gasteiger partial charge in [-0.25, -0.2) is 0 Å². The van der Waals surface area contributed by atoms with Crippen molar-refractivity contribution in [3.63, 3.8) is 0 Å². The first-order chi connectivity index (χ1) is 15.9. The van der Waals surface area contributed by atoms with E-state index in [9.17, 15) is 14.9 Å². The van der Waals surface area contributed by atoms with Crippen molar-refractivity contribution < 1.29 is 28.7 Å². The fraction of sp³-hybridized carbons (Fsp3) is 0.160. The number of ether oxygens (including phenoxy) is 4. The van der Waals surface area contributed by atoms with Crippen LogP contribution >= 0.6 is 0 Å². The van der Waals surface area contributed by atoms with Gasteiger partial charge in [0, 0.05) is 23.3 Å². The summed E-state index contributed by atoms with van der Waals surface area (Å²) in [6.45, 7) is 2.03. The van der Waals surface area contributed by atoms with Crippen molar-refractivity contribution in [3.05, 3.63) is 92.7 Å². The van der Waals surface area contributed by atoms with Gasteiger partial charge in [-0.2, -0.15) is 0 Å². The van der Waals surface area contributed by atoms with Crippen LogP contribution in [-0.4, -0.2) is 24.9 Å². The van der Waals surface area contributed by atoms with Gasteiger partial charge in [-0.15, -0.1) is 0 Å². The molecule has 0 radical (unpaired) electrons. The van der Waals surface area contributed by atoms with Gasteiger partial charge >= 0.3 is 0 Å². The molecule has 0 saturated carbocycles. The van der Waals surface area contributed by atoms with Gasteiger partial charge in [0.2, 0.25) is 5.78 Å². The number of allylic oxidation sites excluding steroid dienone is 1. The van der Waals surface area contributed by atoms with Crippen molar-refractivity contribution in [1.29, 1.82) is 0 Å². The van der Waals surface area contributed by atoms with Crippen LogP contribution in [0.5, 0.6) is 23.0 Å². The standard InChI is InChI=1S/C25H21NO7/c1-15-20(32-14-16-7-9-18(10-8-16)26(28)29)12-11-19-23(27)22(33-24(15)19)13-17-5-4-6-21(30-2)25(17)31-3/h4-13H,14H2,1-3H3/b22-13-. The predicted octanol–water partition coefficient (Wildman–Crippen LogP) is 5.12. The number of nitrogens with zero attached hydrogens (tertiary/aromatic N) is 1. The summed E-state index contributed by atoms with van der Waals surface area (Å²) in [5.74, 6) is 1.98. The van der Waals surface area contributed by atoms with Gasteiger partial charge in [-0.3, -0.25) is 14.9 Å². The average molecular weight is 447 g/mol. The number of carbonyl (C=O) groups excluding carboxylic acids is 1. The number of non-ortho nitro benzene ring substituents is 1. The highest BCUT2D eigenvalue weighted by atomic mass is 16.6. The van der Waals surface area contributed by atoms with E-state index in [-0.39, 0.29) is 23.8 Å². The van der Waals surface area contributed by atoms with Gasteiger partial charge < -0.3 is 18.9 Å². The van der Waals surface area contributed by atoms with Gasteiger partial charge in [-0.05, 0) is 48.9 Å². The minimum absolute atomic E-state index is 0.0198. The van der Waals surface area contributed by atoms with Crippen LogP contribution in [0, 0.1) is 17.0 Å². The molecule has 0 bridgehead atoms. The SMILES string of the molecule is COc1cccc(/C=C2\Oc3c(ccc(OCc4ccc([N+](=O)[O-])cc4)c3C)C2=O)c1OC. The fourth-order valence-corrected chi connectivity index (χ4v) is 3.57. The van der Waals surface area contributed by atoms with E-state index in [1.165, 1.54) is 19.2 Å². The van der Waals surface area contributed by atoms with Crippen LogP contribution < -0.4 is 18.9 Å². The lowest BCUT2D eigenvalue weighted by atomic mass is 10.1. The Hall–Kier alpha value is -4.33. The average Bonchev–Trinajstić information content (AvgIpc) is 3.14. The summed E-state index contributed by atoms with van der Waals surface area (Å²) in [5.41, 5.74) is 2.59. The zero-order valence-corrected chi connectivity index (χ0v) is 18.3. The number of Topliss-reactive ketones (excluding diaryl/α,β-unsaturated/α-hetero) is 1. The van der Waals surface area contributed by atoms with Crippen LogP contribution in [0.4, 0.5) is 5.69 Å². The molecule has 0 atom stereocenters. The second kappa shape index (κ2) is 9.04. The molecule has 1 aliphatic rings. The fourth-order valence-electron chi connectivity index (χ4n) is 3.57. The quantitative estimate of drug-likeness (QED) is 0.282. The van der Waals surface area contributed by atoms with Crippen molar-refractivity contribution >= 4 is 17.5 Å². The van der Waals surface area contributed by atoms with E-state index in [4.69, 9.17) is 18.9 Å². The molecule has 0 aromatic heterocycles. The van der Waals surface area contributed by atoms with Gasteiger partial charge in [0.1, 0.15) is 18.1 Å². The number of para-hydroxylation sites is 1. The number of nitro groups is 1. The van der Waals surface area contributed by atoms with Crippen LogP contribution in [0.2, 0.25) is 0 Å². The summed E-state index contributed by atoms with van der Waals surface area (Å²) in [6.07, 6.45) is 1.63. The van der Waals surface area contributed by atoms with E-state index in [0.29, 0.717) is 39.7 Å². The maximum absolute atomic E-state index is 12.9. The summed E-state index contributed by atoms with van der Waals surface area (Å²) >= 11 is 0. The van der Waals surface area contributed by atoms with Crippen molar-refractivity contribution in [2.75, 3.05) is 14.2 Å². The smallest absolute Gasteiger partial charge is 0.269 e. The Morgan fingerprint density at radius 3 is 2.42 bits per heavy atom. The van der Waals surface area contributed by atoms with Gasteiger partial charge in [0.25, 0.3) is 5.69 Å². The lowest BCUT2D eigenvalue weighted by molar-refractivity contribution is -0.384. The Morgan fingerprint density at radius 1 is 1.00 bits per heavy atom. The van der Waals surface area contributed by atoms with Crippen LogP contribution in [0.3, 0.4) is 0 Å². The molecule has 8 heteroatoms. The Labute approximate surface area is 190 Å². The Morgan fingerprint density at radius 2 is 1.76 bits per heavy atom. The number of ketones is 1. The third kappa shape index (κ3) is 4.23. The Kier molecular flexibility index (Phi) is 5.99. The van der Waals surface area contributed by atoms with Crippen LogP contribution in [0.1, 0.15) is 27.0 Å². The molecule has 3 aromatic carbocycles. The third-order valence-electron chi connectivity index (χ3n) is 5.30. The van der Waals surface area contributed by atoms with Crippen molar-refractivity contribution in [1.82, 2.24) is 0 Å². The van der Waals surface area contributed by atoms with Crippen LogP contribution in [-0.2, 0) is 6.61 Å². The zero-order chi connectivity index (χ0) is 23.5. The molecule has 33 heavy (non-hydrogen) atoms.